The zero-order valence-electron chi connectivity index (χ0n) is 12.1. The van der Waals surface area contributed by atoms with E-state index in [4.69, 9.17) is 5.11 Å². The molecule has 0 aromatic carbocycles. The minimum atomic E-state index is -0.868. The number of hydrogen-bond acceptors (Lipinski definition) is 3. The van der Waals surface area contributed by atoms with Gasteiger partial charge in [-0.1, -0.05) is 6.42 Å². The van der Waals surface area contributed by atoms with E-state index in [9.17, 15) is 9.59 Å². The highest BCUT2D eigenvalue weighted by Crippen LogP contribution is 2.32. The molecule has 0 spiro atoms. The van der Waals surface area contributed by atoms with Gasteiger partial charge in [-0.25, -0.2) is 0 Å². The predicted molar refractivity (Wildman–Crippen MR) is 73.0 cm³/mol. The number of carboxylic acids is 1. The number of aliphatic carboxylic acids is 1. The summed E-state index contributed by atoms with van der Waals surface area (Å²) in [5, 5.41) is 16.2. The van der Waals surface area contributed by atoms with E-state index < -0.39 is 17.8 Å². The first-order chi connectivity index (χ1) is 9.41. The van der Waals surface area contributed by atoms with Crippen molar-refractivity contribution in [2.24, 2.45) is 18.9 Å². The predicted octanol–water partition coefficient (Wildman–Crippen LogP) is 1.41. The van der Waals surface area contributed by atoms with Crippen molar-refractivity contribution in [3.63, 3.8) is 0 Å². The number of aromatic nitrogens is 2. The molecule has 0 bridgehead atoms. The normalized spacial score (nSPS) is 23.6. The average Bonchev–Trinajstić information content (AvgIpc) is 2.98. The first-order valence-corrected chi connectivity index (χ1v) is 6.93. The lowest BCUT2D eigenvalue weighted by Crippen LogP contribution is -2.36. The maximum atomic E-state index is 12.3. The van der Waals surface area contributed by atoms with E-state index in [2.05, 4.69) is 10.4 Å². The van der Waals surface area contributed by atoms with Gasteiger partial charge in [-0.2, -0.15) is 5.10 Å². The van der Waals surface area contributed by atoms with Crippen LogP contribution in [0.5, 0.6) is 0 Å². The van der Waals surface area contributed by atoms with Crippen LogP contribution in [0.3, 0.4) is 0 Å². The maximum Gasteiger partial charge on any atom is 0.307 e. The van der Waals surface area contributed by atoms with E-state index in [-0.39, 0.29) is 11.9 Å². The summed E-state index contributed by atoms with van der Waals surface area (Å²) in [6.45, 7) is 3.84. The van der Waals surface area contributed by atoms with Crippen LogP contribution in [-0.2, 0) is 16.6 Å². The molecule has 6 heteroatoms. The maximum absolute atomic E-state index is 12.3. The van der Waals surface area contributed by atoms with E-state index in [0.717, 1.165) is 17.7 Å². The quantitative estimate of drug-likeness (QED) is 0.872. The molecule has 1 aliphatic carbocycles. The highest BCUT2D eigenvalue weighted by Gasteiger charge is 2.38. The molecule has 0 saturated heterocycles. The van der Waals surface area contributed by atoms with Crippen LogP contribution in [-0.4, -0.2) is 26.8 Å². The number of nitrogens with one attached hydrogen (secondary N) is 1. The second-order valence-corrected chi connectivity index (χ2v) is 5.52. The third-order valence-corrected chi connectivity index (χ3v) is 4.27. The van der Waals surface area contributed by atoms with E-state index in [1.807, 2.05) is 20.9 Å². The van der Waals surface area contributed by atoms with Gasteiger partial charge in [0.25, 0.3) is 0 Å². The van der Waals surface area contributed by atoms with E-state index in [0.29, 0.717) is 12.8 Å². The zero-order chi connectivity index (χ0) is 14.9. The molecule has 1 amide bonds. The van der Waals surface area contributed by atoms with Crippen molar-refractivity contribution in [2.75, 3.05) is 0 Å². The molecule has 20 heavy (non-hydrogen) atoms. The Balaban J connectivity index is 2.04. The summed E-state index contributed by atoms with van der Waals surface area (Å²) < 4.78 is 1.76. The van der Waals surface area contributed by atoms with Crippen molar-refractivity contribution in [1.82, 2.24) is 15.1 Å². The number of carbonyl (C=O) groups excluding carboxylic acids is 1. The van der Waals surface area contributed by atoms with Gasteiger partial charge in [0.05, 0.1) is 24.1 Å². The van der Waals surface area contributed by atoms with Gasteiger partial charge in [0, 0.05) is 18.3 Å². The molecular formula is C14H21N3O3. The molecule has 1 aromatic rings. The Kier molecular flexibility index (Phi) is 4.11. The summed E-state index contributed by atoms with van der Waals surface area (Å²) >= 11 is 0. The summed E-state index contributed by atoms with van der Waals surface area (Å²) in [4.78, 5) is 23.4. The van der Waals surface area contributed by atoms with Gasteiger partial charge in [0.15, 0.2) is 0 Å². The van der Waals surface area contributed by atoms with Crippen LogP contribution >= 0.6 is 0 Å². The average molecular weight is 279 g/mol. The minimum Gasteiger partial charge on any atom is -0.481 e. The van der Waals surface area contributed by atoms with Crippen LogP contribution in [0.15, 0.2) is 6.20 Å². The summed E-state index contributed by atoms with van der Waals surface area (Å²) in [7, 11) is 1.85. The molecule has 0 aliphatic heterocycles. The van der Waals surface area contributed by atoms with Crippen LogP contribution in [0.4, 0.5) is 0 Å². The molecule has 6 nitrogen and oxygen atoms in total. The zero-order valence-corrected chi connectivity index (χ0v) is 12.1. The highest BCUT2D eigenvalue weighted by atomic mass is 16.4. The SMILES string of the molecule is Cc1c(C(C)NC(=O)[C@@H]2CCC[C@@H]2C(=O)O)cnn1C. The Bertz CT molecular complexity index is 524. The summed E-state index contributed by atoms with van der Waals surface area (Å²) in [6.07, 6.45) is 3.79. The Morgan fingerprint density at radius 1 is 1.45 bits per heavy atom. The molecular weight excluding hydrogens is 258 g/mol. The molecule has 1 unspecified atom stereocenters. The molecule has 1 heterocycles. The number of carboxylic acid groups (broad SMARTS) is 1. The summed E-state index contributed by atoms with van der Waals surface area (Å²) in [5.74, 6) is -1.98. The van der Waals surface area contributed by atoms with Crippen molar-refractivity contribution < 1.29 is 14.7 Å². The molecule has 2 rings (SSSR count). The third kappa shape index (κ3) is 2.69. The second kappa shape index (κ2) is 5.64. The fourth-order valence-corrected chi connectivity index (χ4v) is 2.91. The number of carbonyl (C=O) groups is 2. The molecule has 110 valence electrons. The highest BCUT2D eigenvalue weighted by molar-refractivity contribution is 5.85. The van der Waals surface area contributed by atoms with Crippen molar-refractivity contribution >= 4 is 11.9 Å². The third-order valence-electron chi connectivity index (χ3n) is 4.27. The first-order valence-electron chi connectivity index (χ1n) is 6.93. The topological polar surface area (TPSA) is 84.2 Å². The standard InChI is InChI=1S/C14H21N3O3/c1-8(12-7-15-17(3)9(12)2)16-13(18)10-5-4-6-11(10)14(19)20/h7-8,10-11H,4-6H2,1-3H3,(H,16,18)(H,19,20)/t8?,10-,11+/m1/s1. The number of nitrogens with zero attached hydrogens (tertiary/aromatic N) is 2. The Hall–Kier alpha value is -1.85. The number of aryl methyl sites for hydroxylation is 1. The molecule has 1 aromatic heterocycles. The van der Waals surface area contributed by atoms with E-state index in [1.165, 1.54) is 0 Å². The lowest BCUT2D eigenvalue weighted by molar-refractivity contribution is -0.146. The van der Waals surface area contributed by atoms with Gasteiger partial charge in [-0.3, -0.25) is 14.3 Å². The van der Waals surface area contributed by atoms with E-state index in [1.54, 1.807) is 10.9 Å². The lowest BCUT2D eigenvalue weighted by atomic mass is 9.95. The van der Waals surface area contributed by atoms with Crippen molar-refractivity contribution in [2.45, 2.75) is 39.2 Å². The molecule has 0 radical (unpaired) electrons. The Morgan fingerprint density at radius 2 is 2.10 bits per heavy atom. The van der Waals surface area contributed by atoms with Crippen molar-refractivity contribution in [3.05, 3.63) is 17.5 Å². The number of amides is 1. The second-order valence-electron chi connectivity index (χ2n) is 5.52. The fraction of sp³-hybridized carbons (Fsp3) is 0.643. The largest absolute Gasteiger partial charge is 0.481 e. The van der Waals surface area contributed by atoms with E-state index >= 15 is 0 Å². The molecule has 1 aliphatic rings. The fourth-order valence-electron chi connectivity index (χ4n) is 2.91. The van der Waals surface area contributed by atoms with Crippen LogP contribution in [0.25, 0.3) is 0 Å². The van der Waals surface area contributed by atoms with Gasteiger partial charge < -0.3 is 10.4 Å². The van der Waals surface area contributed by atoms with Crippen molar-refractivity contribution in [3.8, 4) is 0 Å². The van der Waals surface area contributed by atoms with Gasteiger partial charge in [-0.05, 0) is 26.7 Å². The molecule has 3 atom stereocenters. The van der Waals surface area contributed by atoms with Crippen LogP contribution in [0.2, 0.25) is 0 Å². The van der Waals surface area contributed by atoms with Crippen LogP contribution in [0, 0.1) is 18.8 Å². The summed E-state index contributed by atoms with van der Waals surface area (Å²) in [6, 6.07) is -0.161. The molecule has 1 fully saturated rings. The number of hydrogen-bond donors (Lipinski definition) is 2. The van der Waals surface area contributed by atoms with Gasteiger partial charge in [0.2, 0.25) is 5.91 Å². The molecule has 2 N–H and O–H groups in total. The lowest BCUT2D eigenvalue weighted by Gasteiger charge is -2.19. The van der Waals surface area contributed by atoms with Gasteiger partial charge in [-0.15, -0.1) is 0 Å². The Morgan fingerprint density at radius 3 is 2.65 bits per heavy atom. The minimum absolute atomic E-state index is 0.161. The van der Waals surface area contributed by atoms with Crippen LogP contribution in [0.1, 0.15) is 43.5 Å². The number of rotatable bonds is 4. The smallest absolute Gasteiger partial charge is 0.307 e. The first kappa shape index (κ1) is 14.6. The monoisotopic (exact) mass is 279 g/mol. The van der Waals surface area contributed by atoms with Crippen LogP contribution < -0.4 is 5.32 Å². The van der Waals surface area contributed by atoms with Gasteiger partial charge in [0.1, 0.15) is 0 Å². The van der Waals surface area contributed by atoms with Crippen molar-refractivity contribution in [1.29, 1.82) is 0 Å². The molecule has 1 saturated carbocycles. The Labute approximate surface area is 118 Å². The summed E-state index contributed by atoms with van der Waals surface area (Å²) in [5.41, 5.74) is 1.96. The van der Waals surface area contributed by atoms with Gasteiger partial charge >= 0.3 is 5.97 Å².